The Morgan fingerprint density at radius 1 is 1.31 bits per heavy atom. The van der Waals surface area contributed by atoms with Crippen molar-refractivity contribution in [1.82, 2.24) is 0 Å². The summed E-state index contributed by atoms with van der Waals surface area (Å²) in [7, 11) is 0. The van der Waals surface area contributed by atoms with E-state index in [4.69, 9.17) is 17.2 Å². The van der Waals surface area contributed by atoms with Gasteiger partial charge in [0.05, 0.1) is 17.3 Å². The highest BCUT2D eigenvalue weighted by atomic mass is 16.1. The van der Waals surface area contributed by atoms with Crippen LogP contribution in [0.25, 0.3) is 0 Å². The van der Waals surface area contributed by atoms with Gasteiger partial charge in [-0.05, 0) is 24.6 Å². The first-order valence-corrected chi connectivity index (χ1v) is 3.96. The van der Waals surface area contributed by atoms with Crippen molar-refractivity contribution in [2.24, 2.45) is 5.73 Å². The molecule has 0 fully saturated rings. The van der Waals surface area contributed by atoms with E-state index in [1.807, 2.05) is 0 Å². The van der Waals surface area contributed by atoms with Crippen LogP contribution >= 0.6 is 0 Å². The fraction of sp³-hybridized carbons (Fsp3) is 0.222. The lowest BCUT2D eigenvalue weighted by atomic mass is 10.00. The highest BCUT2D eigenvalue weighted by molar-refractivity contribution is 5.82. The number of anilines is 2. The van der Waals surface area contributed by atoms with E-state index in [0.717, 1.165) is 5.56 Å². The molecular weight excluding hydrogens is 166 g/mol. The molecule has 0 spiro atoms. The first-order valence-electron chi connectivity index (χ1n) is 3.96. The van der Waals surface area contributed by atoms with E-state index < -0.39 is 0 Å². The number of benzene rings is 1. The molecule has 0 heterocycles. The molecule has 1 aromatic rings. The van der Waals surface area contributed by atoms with Crippen LogP contribution in [0.3, 0.4) is 0 Å². The predicted molar refractivity (Wildman–Crippen MR) is 52.9 cm³/mol. The number of nitrogen functional groups attached to an aromatic ring is 2. The Morgan fingerprint density at radius 2 is 1.92 bits per heavy atom. The van der Waals surface area contributed by atoms with E-state index in [1.54, 1.807) is 25.1 Å². The van der Waals surface area contributed by atoms with Crippen LogP contribution in [-0.4, -0.2) is 5.91 Å². The highest BCUT2D eigenvalue weighted by Gasteiger charge is 2.11. The monoisotopic (exact) mass is 179 g/mol. The van der Waals surface area contributed by atoms with Gasteiger partial charge < -0.3 is 17.2 Å². The van der Waals surface area contributed by atoms with Crippen LogP contribution in [0.1, 0.15) is 18.4 Å². The second kappa shape index (κ2) is 3.35. The summed E-state index contributed by atoms with van der Waals surface area (Å²) in [6.45, 7) is 1.73. The molecule has 1 rings (SSSR count). The van der Waals surface area contributed by atoms with Gasteiger partial charge in [-0.1, -0.05) is 6.07 Å². The fourth-order valence-corrected chi connectivity index (χ4v) is 1.03. The Labute approximate surface area is 76.7 Å². The smallest absolute Gasteiger partial charge is 0.224 e. The third-order valence-corrected chi connectivity index (χ3v) is 2.04. The largest absolute Gasteiger partial charge is 0.397 e. The van der Waals surface area contributed by atoms with Gasteiger partial charge in [0.15, 0.2) is 0 Å². The number of amides is 1. The molecule has 1 atom stereocenters. The summed E-state index contributed by atoms with van der Waals surface area (Å²) in [6.07, 6.45) is 0. The molecule has 6 N–H and O–H groups in total. The van der Waals surface area contributed by atoms with Gasteiger partial charge in [-0.2, -0.15) is 0 Å². The Morgan fingerprint density at radius 3 is 2.38 bits per heavy atom. The lowest BCUT2D eigenvalue weighted by molar-refractivity contribution is -0.119. The number of hydrogen-bond acceptors (Lipinski definition) is 3. The molecule has 1 amide bonds. The zero-order chi connectivity index (χ0) is 10.0. The maximum Gasteiger partial charge on any atom is 0.224 e. The summed E-state index contributed by atoms with van der Waals surface area (Å²) < 4.78 is 0. The molecule has 0 aromatic heterocycles. The minimum Gasteiger partial charge on any atom is -0.397 e. The van der Waals surface area contributed by atoms with Crippen molar-refractivity contribution in [2.75, 3.05) is 11.5 Å². The molecule has 0 aliphatic carbocycles. The number of nitrogens with two attached hydrogens (primary N) is 3. The van der Waals surface area contributed by atoms with Gasteiger partial charge in [-0.3, -0.25) is 4.79 Å². The Kier molecular flexibility index (Phi) is 2.41. The lowest BCUT2D eigenvalue weighted by Crippen LogP contribution is -2.18. The summed E-state index contributed by atoms with van der Waals surface area (Å²) in [5.74, 6) is -0.702. The van der Waals surface area contributed by atoms with Crippen LogP contribution in [0, 0.1) is 0 Å². The van der Waals surface area contributed by atoms with Crippen molar-refractivity contribution in [3.63, 3.8) is 0 Å². The topological polar surface area (TPSA) is 95.1 Å². The normalized spacial score (nSPS) is 12.4. The summed E-state index contributed by atoms with van der Waals surface area (Å²) in [5, 5.41) is 0. The zero-order valence-electron chi connectivity index (χ0n) is 7.45. The van der Waals surface area contributed by atoms with E-state index in [9.17, 15) is 4.79 Å². The first kappa shape index (κ1) is 9.38. The molecule has 0 aliphatic heterocycles. The van der Waals surface area contributed by atoms with Gasteiger partial charge in [-0.25, -0.2) is 0 Å². The van der Waals surface area contributed by atoms with Crippen molar-refractivity contribution in [2.45, 2.75) is 12.8 Å². The van der Waals surface area contributed by atoms with Crippen LogP contribution in [0.2, 0.25) is 0 Å². The molecule has 0 bridgehead atoms. The van der Waals surface area contributed by atoms with E-state index in [-0.39, 0.29) is 11.8 Å². The zero-order valence-corrected chi connectivity index (χ0v) is 7.45. The van der Waals surface area contributed by atoms with Crippen LogP contribution in [-0.2, 0) is 4.79 Å². The van der Waals surface area contributed by atoms with Gasteiger partial charge in [0.25, 0.3) is 0 Å². The summed E-state index contributed by atoms with van der Waals surface area (Å²) >= 11 is 0. The van der Waals surface area contributed by atoms with Crippen LogP contribution < -0.4 is 17.2 Å². The average molecular weight is 179 g/mol. The van der Waals surface area contributed by atoms with Crippen molar-refractivity contribution in [3.8, 4) is 0 Å². The van der Waals surface area contributed by atoms with Crippen molar-refractivity contribution in [1.29, 1.82) is 0 Å². The predicted octanol–water partition coefficient (Wildman–Crippen LogP) is 0.440. The second-order valence-corrected chi connectivity index (χ2v) is 3.01. The second-order valence-electron chi connectivity index (χ2n) is 3.01. The number of carbonyl (C=O) groups is 1. The number of carbonyl (C=O) groups excluding carboxylic acids is 1. The fourth-order valence-electron chi connectivity index (χ4n) is 1.03. The molecule has 0 radical (unpaired) electrons. The quantitative estimate of drug-likeness (QED) is 0.575. The molecule has 0 saturated heterocycles. The Balaban J connectivity index is 3.03. The molecule has 13 heavy (non-hydrogen) atoms. The van der Waals surface area contributed by atoms with E-state index in [0.29, 0.717) is 11.4 Å². The standard InChI is InChI=1S/C9H13N3O/c1-5(9(12)13)6-2-3-7(10)8(11)4-6/h2-5H,10-11H2,1H3,(H2,12,13). The van der Waals surface area contributed by atoms with Gasteiger partial charge in [0.2, 0.25) is 5.91 Å². The number of primary amides is 1. The maximum absolute atomic E-state index is 10.8. The Bertz CT molecular complexity index is 336. The van der Waals surface area contributed by atoms with Crippen LogP contribution in [0.15, 0.2) is 18.2 Å². The van der Waals surface area contributed by atoms with Gasteiger partial charge in [0.1, 0.15) is 0 Å². The van der Waals surface area contributed by atoms with Gasteiger partial charge in [0, 0.05) is 0 Å². The van der Waals surface area contributed by atoms with Crippen LogP contribution in [0.4, 0.5) is 11.4 Å². The number of rotatable bonds is 2. The van der Waals surface area contributed by atoms with Gasteiger partial charge in [-0.15, -0.1) is 0 Å². The van der Waals surface area contributed by atoms with Crippen LogP contribution in [0.5, 0.6) is 0 Å². The molecule has 4 heteroatoms. The molecule has 4 nitrogen and oxygen atoms in total. The lowest BCUT2D eigenvalue weighted by Gasteiger charge is -2.09. The minimum absolute atomic E-state index is 0.331. The molecule has 1 unspecified atom stereocenters. The molecule has 1 aromatic carbocycles. The molecule has 70 valence electrons. The van der Waals surface area contributed by atoms with E-state index in [1.165, 1.54) is 0 Å². The first-order chi connectivity index (χ1) is 6.02. The third kappa shape index (κ3) is 1.90. The summed E-state index contributed by atoms with van der Waals surface area (Å²) in [5.41, 5.74) is 18.0. The third-order valence-electron chi connectivity index (χ3n) is 2.04. The summed E-state index contributed by atoms with van der Waals surface area (Å²) in [6, 6.07) is 5.09. The number of hydrogen-bond donors (Lipinski definition) is 3. The molecule has 0 aliphatic rings. The van der Waals surface area contributed by atoms with E-state index in [2.05, 4.69) is 0 Å². The molecular formula is C9H13N3O. The van der Waals surface area contributed by atoms with Gasteiger partial charge >= 0.3 is 0 Å². The van der Waals surface area contributed by atoms with Crippen molar-refractivity contribution < 1.29 is 4.79 Å². The SMILES string of the molecule is CC(C(N)=O)c1ccc(N)c(N)c1. The summed E-state index contributed by atoms with van der Waals surface area (Å²) in [4.78, 5) is 10.8. The van der Waals surface area contributed by atoms with E-state index >= 15 is 0 Å². The maximum atomic E-state index is 10.8. The molecule has 0 saturated carbocycles. The highest BCUT2D eigenvalue weighted by Crippen LogP contribution is 2.21. The average Bonchev–Trinajstić information content (AvgIpc) is 2.08. The minimum atomic E-state index is -0.371. The Hall–Kier alpha value is -1.71. The van der Waals surface area contributed by atoms with Crippen molar-refractivity contribution >= 4 is 17.3 Å². The van der Waals surface area contributed by atoms with Crippen molar-refractivity contribution in [3.05, 3.63) is 23.8 Å².